The number of nitrogens with zero attached hydrogens (tertiary/aromatic N) is 2. The predicted octanol–water partition coefficient (Wildman–Crippen LogP) is 3.96. The van der Waals surface area contributed by atoms with Gasteiger partial charge in [-0.3, -0.25) is 5.21 Å². The normalized spacial score (nSPS) is 24.8. The van der Waals surface area contributed by atoms with Crippen LogP contribution in [0.5, 0.6) is 0 Å². The van der Waals surface area contributed by atoms with Crippen LogP contribution in [0.1, 0.15) is 65.7 Å². The molecule has 23 heavy (non-hydrogen) atoms. The maximum atomic E-state index is 12.4. The average molecular weight is 360 g/mol. The molecule has 1 saturated carbocycles. The minimum Gasteiger partial charge on any atom is -0.349 e. The molecule has 5 nitrogen and oxygen atoms in total. The van der Waals surface area contributed by atoms with Gasteiger partial charge in [0.1, 0.15) is 9.69 Å². The summed E-state index contributed by atoms with van der Waals surface area (Å²) < 4.78 is 0.762. The summed E-state index contributed by atoms with van der Waals surface area (Å²) in [6, 6.07) is -0.217. The fourth-order valence-corrected chi connectivity index (χ4v) is 5.17. The van der Waals surface area contributed by atoms with Crippen LogP contribution < -0.4 is 5.32 Å². The van der Waals surface area contributed by atoms with E-state index in [1.807, 2.05) is 13.8 Å². The van der Waals surface area contributed by atoms with Gasteiger partial charge in [-0.2, -0.15) is 5.06 Å². The highest BCUT2D eigenvalue weighted by atomic mass is 32.2. The monoisotopic (exact) mass is 359 g/mol. The molecule has 0 aromatic carbocycles. The summed E-state index contributed by atoms with van der Waals surface area (Å²) in [5, 5.41) is 13.9. The summed E-state index contributed by atoms with van der Waals surface area (Å²) in [6.45, 7) is 7.09. The number of amides is 2. The molecule has 0 aromatic rings. The van der Waals surface area contributed by atoms with Crippen LogP contribution in [-0.4, -0.2) is 49.0 Å². The van der Waals surface area contributed by atoms with Crippen LogP contribution in [-0.2, 0) is 0 Å². The first kappa shape index (κ1) is 18.8. The lowest BCUT2D eigenvalue weighted by molar-refractivity contribution is -0.0794. The van der Waals surface area contributed by atoms with Crippen molar-refractivity contribution in [2.45, 2.75) is 82.7 Å². The fourth-order valence-electron chi connectivity index (χ4n) is 3.31. The van der Waals surface area contributed by atoms with Gasteiger partial charge >= 0.3 is 6.03 Å². The molecule has 0 aromatic heterocycles. The third kappa shape index (κ3) is 4.31. The van der Waals surface area contributed by atoms with Crippen LogP contribution in [0.2, 0.25) is 0 Å². The van der Waals surface area contributed by atoms with Gasteiger partial charge in [-0.25, -0.2) is 4.79 Å². The summed E-state index contributed by atoms with van der Waals surface area (Å²) in [5.41, 5.74) is -0.379. The fraction of sp³-hybridized carbons (Fsp3) is 0.875. The van der Waals surface area contributed by atoms with Gasteiger partial charge in [0.15, 0.2) is 0 Å². The molecule has 1 atom stereocenters. The number of rotatable bonds is 5. The lowest BCUT2D eigenvalue weighted by atomic mass is 9.96. The molecular weight excluding hydrogens is 330 g/mol. The summed E-state index contributed by atoms with van der Waals surface area (Å²) >= 11 is 6.87. The molecule has 2 aliphatic rings. The van der Waals surface area contributed by atoms with Crippen LogP contribution in [0, 0.1) is 0 Å². The van der Waals surface area contributed by atoms with E-state index < -0.39 is 6.03 Å². The SMILES string of the molecule is CCCCN1C(=S)SC(N(O)C(=O)NC2CCCCC2)C1(C)C. The van der Waals surface area contributed by atoms with Crippen molar-refractivity contribution in [2.75, 3.05) is 6.54 Å². The molecular formula is C16H29N3O2S2. The smallest absolute Gasteiger partial charge is 0.342 e. The molecule has 132 valence electrons. The van der Waals surface area contributed by atoms with Crippen molar-refractivity contribution in [1.82, 2.24) is 15.3 Å². The van der Waals surface area contributed by atoms with E-state index in [4.69, 9.17) is 12.2 Å². The standard InChI is InChI=1S/C16H29N3O2S2/c1-4-5-11-18-15(22)23-13(16(18,2)3)19(21)14(20)17-12-9-7-6-8-10-12/h12-13,21H,4-11H2,1-3H3,(H,17,20). The molecule has 0 bridgehead atoms. The first-order valence-corrected chi connectivity index (χ1v) is 9.93. The number of thioether (sulfide) groups is 1. The Bertz CT molecular complexity index is 439. The Kier molecular flexibility index (Phi) is 6.57. The lowest BCUT2D eigenvalue weighted by Gasteiger charge is -2.38. The zero-order valence-corrected chi connectivity index (χ0v) is 16.0. The highest BCUT2D eigenvalue weighted by Gasteiger charge is 2.49. The quantitative estimate of drug-likeness (QED) is 0.442. The van der Waals surface area contributed by atoms with Gasteiger partial charge in [0.2, 0.25) is 0 Å². The maximum Gasteiger partial charge on any atom is 0.342 e. The van der Waals surface area contributed by atoms with Crippen molar-refractivity contribution < 1.29 is 10.0 Å². The molecule has 2 rings (SSSR count). The van der Waals surface area contributed by atoms with Crippen LogP contribution in [0.3, 0.4) is 0 Å². The van der Waals surface area contributed by atoms with Crippen molar-refractivity contribution in [2.24, 2.45) is 0 Å². The lowest BCUT2D eigenvalue weighted by Crippen LogP contribution is -2.56. The maximum absolute atomic E-state index is 12.4. The Labute approximate surface area is 149 Å². The number of nitrogens with one attached hydrogen (secondary N) is 1. The van der Waals surface area contributed by atoms with E-state index in [0.29, 0.717) is 0 Å². The zero-order valence-electron chi connectivity index (χ0n) is 14.4. The van der Waals surface area contributed by atoms with Crippen molar-refractivity contribution in [3.63, 3.8) is 0 Å². The Morgan fingerprint density at radius 3 is 2.70 bits per heavy atom. The van der Waals surface area contributed by atoms with Crippen LogP contribution in [0.15, 0.2) is 0 Å². The molecule has 1 unspecified atom stereocenters. The average Bonchev–Trinajstić information content (AvgIpc) is 2.75. The minimum atomic E-state index is -0.400. The summed E-state index contributed by atoms with van der Waals surface area (Å²) in [6.07, 6.45) is 7.68. The van der Waals surface area contributed by atoms with Gasteiger partial charge in [0, 0.05) is 12.6 Å². The van der Waals surface area contributed by atoms with Gasteiger partial charge in [0.25, 0.3) is 0 Å². The molecule has 1 saturated heterocycles. The van der Waals surface area contributed by atoms with Crippen molar-refractivity contribution in [3.05, 3.63) is 0 Å². The van der Waals surface area contributed by atoms with Gasteiger partial charge in [-0.15, -0.1) is 0 Å². The van der Waals surface area contributed by atoms with Crippen molar-refractivity contribution in [1.29, 1.82) is 0 Å². The molecule has 0 spiro atoms. The number of hydroxylamine groups is 2. The van der Waals surface area contributed by atoms with E-state index in [2.05, 4.69) is 17.1 Å². The van der Waals surface area contributed by atoms with E-state index in [1.165, 1.54) is 18.2 Å². The second kappa shape index (κ2) is 8.03. The van der Waals surface area contributed by atoms with E-state index in [0.717, 1.165) is 54.5 Å². The number of hydrogen-bond donors (Lipinski definition) is 2. The zero-order chi connectivity index (χ0) is 17.0. The Balaban J connectivity index is 1.98. The summed E-state index contributed by atoms with van der Waals surface area (Å²) in [7, 11) is 0. The van der Waals surface area contributed by atoms with Crippen molar-refractivity contribution in [3.8, 4) is 0 Å². The topological polar surface area (TPSA) is 55.8 Å². The predicted molar refractivity (Wildman–Crippen MR) is 98.7 cm³/mol. The number of carbonyl (C=O) groups is 1. The van der Waals surface area contributed by atoms with Gasteiger partial charge in [-0.1, -0.05) is 56.6 Å². The Morgan fingerprint density at radius 2 is 2.09 bits per heavy atom. The Morgan fingerprint density at radius 1 is 1.43 bits per heavy atom. The first-order chi connectivity index (χ1) is 10.9. The van der Waals surface area contributed by atoms with E-state index in [1.54, 1.807) is 0 Å². The van der Waals surface area contributed by atoms with Crippen molar-refractivity contribution >= 4 is 34.3 Å². The van der Waals surface area contributed by atoms with Gasteiger partial charge < -0.3 is 10.2 Å². The number of thiocarbonyl (C=S) groups is 1. The van der Waals surface area contributed by atoms with E-state index in [9.17, 15) is 10.0 Å². The van der Waals surface area contributed by atoms with Crippen LogP contribution in [0.25, 0.3) is 0 Å². The summed E-state index contributed by atoms with van der Waals surface area (Å²) in [5.74, 6) is 0. The second-order valence-corrected chi connectivity index (χ2v) is 8.74. The van der Waals surface area contributed by atoms with Gasteiger partial charge in [0.05, 0.1) is 5.54 Å². The molecule has 2 N–H and O–H groups in total. The van der Waals surface area contributed by atoms with E-state index >= 15 is 0 Å². The molecule has 7 heteroatoms. The molecule has 1 aliphatic heterocycles. The third-order valence-corrected chi connectivity index (χ3v) is 6.76. The molecule has 0 radical (unpaired) electrons. The van der Waals surface area contributed by atoms with Crippen LogP contribution >= 0.6 is 24.0 Å². The Hall–Kier alpha value is -0.530. The van der Waals surface area contributed by atoms with Gasteiger partial charge in [-0.05, 0) is 33.1 Å². The summed E-state index contributed by atoms with van der Waals surface area (Å²) in [4.78, 5) is 14.5. The first-order valence-electron chi connectivity index (χ1n) is 8.64. The minimum absolute atomic E-state index is 0.184. The van der Waals surface area contributed by atoms with E-state index in [-0.39, 0.29) is 17.0 Å². The highest BCUT2D eigenvalue weighted by Crippen LogP contribution is 2.41. The number of urea groups is 1. The molecule has 2 fully saturated rings. The number of unbranched alkanes of at least 4 members (excludes halogenated alkanes) is 1. The molecule has 1 heterocycles. The third-order valence-electron chi connectivity index (χ3n) is 4.83. The molecule has 1 aliphatic carbocycles. The van der Waals surface area contributed by atoms with Crippen LogP contribution in [0.4, 0.5) is 4.79 Å². The highest BCUT2D eigenvalue weighted by molar-refractivity contribution is 8.23. The largest absolute Gasteiger partial charge is 0.349 e. The molecule has 2 amide bonds. The number of carbonyl (C=O) groups excluding carboxylic acids is 1. The second-order valence-electron chi connectivity index (χ2n) is 7.02. The number of hydrogen-bond acceptors (Lipinski definition) is 4.